The van der Waals surface area contributed by atoms with E-state index in [4.69, 9.17) is 4.74 Å². The summed E-state index contributed by atoms with van der Waals surface area (Å²) in [5.41, 5.74) is 3.93. The molecule has 1 heterocycles. The van der Waals surface area contributed by atoms with Crippen molar-refractivity contribution >= 4 is 29.2 Å². The molecule has 0 aromatic heterocycles. The molecule has 6 nitrogen and oxygen atoms in total. The van der Waals surface area contributed by atoms with Gasteiger partial charge in [-0.05, 0) is 55.3 Å². The van der Waals surface area contributed by atoms with Gasteiger partial charge >= 0.3 is 5.97 Å². The van der Waals surface area contributed by atoms with Gasteiger partial charge in [-0.15, -0.1) is 0 Å². The van der Waals surface area contributed by atoms with E-state index >= 15 is 0 Å². The van der Waals surface area contributed by atoms with Gasteiger partial charge < -0.3 is 15.0 Å². The van der Waals surface area contributed by atoms with Crippen LogP contribution in [0.4, 0.5) is 11.4 Å². The maximum absolute atomic E-state index is 12.6. The predicted molar refractivity (Wildman–Crippen MR) is 103 cm³/mol. The summed E-state index contributed by atoms with van der Waals surface area (Å²) in [6.07, 6.45) is 0.138. The molecule has 0 saturated carbocycles. The quantitative estimate of drug-likeness (QED) is 0.844. The van der Waals surface area contributed by atoms with E-state index in [1.54, 1.807) is 24.3 Å². The number of methoxy groups -OCH3 is 1. The summed E-state index contributed by atoms with van der Waals surface area (Å²) in [5, 5.41) is 2.89. The van der Waals surface area contributed by atoms with E-state index in [0.717, 1.165) is 16.8 Å². The van der Waals surface area contributed by atoms with Gasteiger partial charge in [0.2, 0.25) is 11.8 Å². The lowest BCUT2D eigenvalue weighted by Gasteiger charge is -2.17. The first kappa shape index (κ1) is 18.6. The fourth-order valence-corrected chi connectivity index (χ4v) is 3.11. The van der Waals surface area contributed by atoms with Gasteiger partial charge in [0, 0.05) is 24.3 Å². The molecule has 1 fully saturated rings. The molecule has 1 unspecified atom stereocenters. The van der Waals surface area contributed by atoms with Crippen LogP contribution in [0.25, 0.3) is 0 Å². The van der Waals surface area contributed by atoms with E-state index in [1.165, 1.54) is 12.0 Å². The maximum Gasteiger partial charge on any atom is 0.337 e. The number of ether oxygens (including phenoxy) is 1. The Kier molecular flexibility index (Phi) is 5.26. The molecule has 27 heavy (non-hydrogen) atoms. The molecule has 2 aromatic carbocycles. The Morgan fingerprint density at radius 3 is 2.59 bits per heavy atom. The van der Waals surface area contributed by atoms with E-state index < -0.39 is 11.9 Å². The van der Waals surface area contributed by atoms with E-state index in [0.29, 0.717) is 11.3 Å². The van der Waals surface area contributed by atoms with Crippen LogP contribution in [0.1, 0.15) is 27.9 Å². The van der Waals surface area contributed by atoms with Crippen LogP contribution in [0.2, 0.25) is 0 Å². The van der Waals surface area contributed by atoms with Crippen molar-refractivity contribution in [3.8, 4) is 0 Å². The Morgan fingerprint density at radius 2 is 1.89 bits per heavy atom. The third-order valence-corrected chi connectivity index (χ3v) is 4.85. The second kappa shape index (κ2) is 7.61. The molecule has 1 aliphatic rings. The highest BCUT2D eigenvalue weighted by atomic mass is 16.5. The number of benzene rings is 2. The fourth-order valence-electron chi connectivity index (χ4n) is 3.11. The normalized spacial score (nSPS) is 16.3. The SMILES string of the molecule is COC(=O)c1cccc(N2CC(C(=O)Nc3ccc(C)c(C)c3)CC2=O)c1. The van der Waals surface area contributed by atoms with E-state index in [-0.39, 0.29) is 24.8 Å². The first-order valence-corrected chi connectivity index (χ1v) is 8.76. The topological polar surface area (TPSA) is 75.7 Å². The van der Waals surface area contributed by atoms with Crippen molar-refractivity contribution in [3.05, 3.63) is 59.2 Å². The van der Waals surface area contributed by atoms with Crippen molar-refractivity contribution in [2.75, 3.05) is 23.9 Å². The standard InChI is InChI=1S/C21H22N2O4/c1-13-7-8-17(9-14(13)2)22-20(25)16-11-19(24)23(12-16)18-6-4-5-15(10-18)21(26)27-3/h4-10,16H,11-12H2,1-3H3,(H,22,25). The molecular formula is C21H22N2O4. The highest BCUT2D eigenvalue weighted by molar-refractivity contribution is 6.04. The molecule has 0 bridgehead atoms. The number of nitrogens with one attached hydrogen (secondary N) is 1. The number of esters is 1. The number of amides is 2. The molecule has 0 spiro atoms. The number of anilines is 2. The Morgan fingerprint density at radius 1 is 1.11 bits per heavy atom. The number of hydrogen-bond donors (Lipinski definition) is 1. The lowest BCUT2D eigenvalue weighted by Crippen LogP contribution is -2.28. The lowest BCUT2D eigenvalue weighted by molar-refractivity contribution is -0.122. The minimum absolute atomic E-state index is 0.138. The minimum Gasteiger partial charge on any atom is -0.465 e. The highest BCUT2D eigenvalue weighted by Gasteiger charge is 2.35. The molecule has 6 heteroatoms. The Balaban J connectivity index is 1.72. The maximum atomic E-state index is 12.6. The van der Waals surface area contributed by atoms with E-state index in [9.17, 15) is 14.4 Å². The third-order valence-electron chi connectivity index (χ3n) is 4.85. The molecule has 2 aromatic rings. The van der Waals surface area contributed by atoms with Gasteiger partial charge in [-0.2, -0.15) is 0 Å². The first-order chi connectivity index (χ1) is 12.9. The number of nitrogens with zero attached hydrogens (tertiary/aromatic N) is 1. The zero-order valence-electron chi connectivity index (χ0n) is 15.6. The van der Waals surface area contributed by atoms with Crippen LogP contribution in [0.5, 0.6) is 0 Å². The third kappa shape index (κ3) is 4.00. The molecule has 1 saturated heterocycles. The Labute approximate surface area is 158 Å². The van der Waals surface area contributed by atoms with Gasteiger partial charge in [-0.1, -0.05) is 12.1 Å². The number of hydrogen-bond acceptors (Lipinski definition) is 4. The van der Waals surface area contributed by atoms with Crippen molar-refractivity contribution in [3.63, 3.8) is 0 Å². The summed E-state index contributed by atoms with van der Waals surface area (Å²) >= 11 is 0. The van der Waals surface area contributed by atoms with Crippen LogP contribution in [0.15, 0.2) is 42.5 Å². The van der Waals surface area contributed by atoms with Crippen molar-refractivity contribution in [2.24, 2.45) is 5.92 Å². The number of rotatable bonds is 4. The molecule has 3 rings (SSSR count). The summed E-state index contributed by atoms with van der Waals surface area (Å²) in [4.78, 5) is 38.3. The summed E-state index contributed by atoms with van der Waals surface area (Å²) in [6, 6.07) is 12.4. The predicted octanol–water partition coefficient (Wildman–Crippen LogP) is 3.08. The van der Waals surface area contributed by atoms with Gasteiger partial charge in [0.1, 0.15) is 0 Å². The van der Waals surface area contributed by atoms with Crippen molar-refractivity contribution in [1.82, 2.24) is 0 Å². The van der Waals surface area contributed by atoms with Gasteiger partial charge in [0.05, 0.1) is 18.6 Å². The van der Waals surface area contributed by atoms with Crippen LogP contribution in [0, 0.1) is 19.8 Å². The van der Waals surface area contributed by atoms with Gasteiger partial charge in [0.15, 0.2) is 0 Å². The smallest absolute Gasteiger partial charge is 0.337 e. The summed E-state index contributed by atoms with van der Waals surface area (Å²) in [7, 11) is 1.31. The van der Waals surface area contributed by atoms with Crippen LogP contribution in [-0.4, -0.2) is 31.4 Å². The summed E-state index contributed by atoms with van der Waals surface area (Å²) in [5.74, 6) is -1.23. The lowest BCUT2D eigenvalue weighted by atomic mass is 10.1. The van der Waals surface area contributed by atoms with Gasteiger partial charge in [-0.25, -0.2) is 4.79 Å². The molecule has 0 aliphatic carbocycles. The minimum atomic E-state index is -0.465. The number of carbonyl (C=O) groups excluding carboxylic acids is 3. The molecule has 1 N–H and O–H groups in total. The molecule has 1 atom stereocenters. The second-order valence-electron chi connectivity index (χ2n) is 6.74. The fraction of sp³-hybridized carbons (Fsp3) is 0.286. The zero-order chi connectivity index (χ0) is 19.6. The second-order valence-corrected chi connectivity index (χ2v) is 6.74. The zero-order valence-corrected chi connectivity index (χ0v) is 15.6. The molecule has 1 aliphatic heterocycles. The number of aryl methyl sites for hydroxylation is 2. The van der Waals surface area contributed by atoms with Gasteiger partial charge in [0.25, 0.3) is 0 Å². The van der Waals surface area contributed by atoms with Crippen LogP contribution in [-0.2, 0) is 14.3 Å². The summed E-state index contributed by atoms with van der Waals surface area (Å²) in [6.45, 7) is 4.27. The Hall–Kier alpha value is -3.15. The Bertz CT molecular complexity index is 907. The van der Waals surface area contributed by atoms with Crippen LogP contribution in [0.3, 0.4) is 0 Å². The van der Waals surface area contributed by atoms with Gasteiger partial charge in [-0.3, -0.25) is 9.59 Å². The molecule has 140 valence electrons. The monoisotopic (exact) mass is 366 g/mol. The average molecular weight is 366 g/mol. The van der Waals surface area contributed by atoms with Crippen molar-refractivity contribution in [1.29, 1.82) is 0 Å². The molecule has 0 radical (unpaired) electrons. The van der Waals surface area contributed by atoms with E-state index in [1.807, 2.05) is 32.0 Å². The first-order valence-electron chi connectivity index (χ1n) is 8.76. The summed E-state index contributed by atoms with van der Waals surface area (Å²) < 4.78 is 4.72. The van der Waals surface area contributed by atoms with Crippen molar-refractivity contribution < 1.29 is 19.1 Å². The largest absolute Gasteiger partial charge is 0.465 e. The average Bonchev–Trinajstić information content (AvgIpc) is 3.06. The van der Waals surface area contributed by atoms with Crippen LogP contribution < -0.4 is 10.2 Å². The van der Waals surface area contributed by atoms with E-state index in [2.05, 4.69) is 5.32 Å². The van der Waals surface area contributed by atoms with Crippen molar-refractivity contribution in [2.45, 2.75) is 20.3 Å². The molecule has 2 amide bonds. The van der Waals surface area contributed by atoms with Crippen LogP contribution >= 0.6 is 0 Å². The molecular weight excluding hydrogens is 344 g/mol. The number of carbonyl (C=O) groups is 3. The highest BCUT2D eigenvalue weighted by Crippen LogP contribution is 2.27.